The van der Waals surface area contributed by atoms with Gasteiger partial charge in [0.1, 0.15) is 0 Å². The molecule has 0 unspecified atom stereocenters. The number of carbonyl (C=O) groups is 1. The Morgan fingerprint density at radius 2 is 2.11 bits per heavy atom. The van der Waals surface area contributed by atoms with Gasteiger partial charge in [0.2, 0.25) is 0 Å². The number of hydrogen-bond acceptors (Lipinski definition) is 2. The molecule has 2 rings (SSSR count). The molecule has 1 heterocycles. The van der Waals surface area contributed by atoms with E-state index in [0.717, 1.165) is 24.2 Å². The fourth-order valence-electron chi connectivity index (χ4n) is 1.98. The van der Waals surface area contributed by atoms with Crippen molar-refractivity contribution in [1.29, 1.82) is 0 Å². The molecular weight excluding hydrogens is 226 g/mol. The molecule has 0 aromatic heterocycles. The number of urea groups is 1. The average molecular weight is 243 g/mol. The molecule has 1 aromatic rings. The lowest BCUT2D eigenvalue weighted by Crippen LogP contribution is -2.29. The van der Waals surface area contributed by atoms with Crippen LogP contribution < -0.4 is 5.73 Å². The molecule has 0 saturated carbocycles. The van der Waals surface area contributed by atoms with Gasteiger partial charge >= 0.3 is 6.03 Å². The second-order valence-electron chi connectivity index (χ2n) is 4.29. The van der Waals surface area contributed by atoms with Gasteiger partial charge < -0.3 is 15.5 Å². The van der Waals surface area contributed by atoms with Crippen LogP contribution in [-0.4, -0.2) is 42.5 Å². The highest BCUT2D eigenvalue weighted by atomic mass is 16.2. The lowest BCUT2D eigenvalue weighted by Gasteiger charge is -2.16. The van der Waals surface area contributed by atoms with Gasteiger partial charge in [0.15, 0.2) is 0 Å². The molecule has 1 saturated heterocycles. The van der Waals surface area contributed by atoms with Gasteiger partial charge in [0.05, 0.1) is 6.54 Å². The topological polar surface area (TPSA) is 49.6 Å². The Bertz CT molecular complexity index is 501. The Morgan fingerprint density at radius 3 is 2.78 bits per heavy atom. The quantitative estimate of drug-likeness (QED) is 0.783. The summed E-state index contributed by atoms with van der Waals surface area (Å²) in [5.41, 5.74) is 7.41. The second-order valence-corrected chi connectivity index (χ2v) is 4.29. The fourth-order valence-corrected chi connectivity index (χ4v) is 1.98. The summed E-state index contributed by atoms with van der Waals surface area (Å²) >= 11 is 0. The van der Waals surface area contributed by atoms with Crippen LogP contribution in [0.25, 0.3) is 0 Å². The highest BCUT2D eigenvalue weighted by Gasteiger charge is 2.25. The first kappa shape index (κ1) is 12.5. The third-order valence-corrected chi connectivity index (χ3v) is 3.01. The van der Waals surface area contributed by atoms with E-state index in [0.29, 0.717) is 13.1 Å². The van der Waals surface area contributed by atoms with E-state index in [2.05, 4.69) is 11.8 Å². The summed E-state index contributed by atoms with van der Waals surface area (Å²) in [5.74, 6) is 5.90. The van der Waals surface area contributed by atoms with Crippen LogP contribution >= 0.6 is 0 Å². The van der Waals surface area contributed by atoms with Gasteiger partial charge in [-0.25, -0.2) is 4.79 Å². The zero-order valence-electron chi connectivity index (χ0n) is 10.5. The Morgan fingerprint density at radius 1 is 1.33 bits per heavy atom. The number of carbonyl (C=O) groups excluding carboxylic acids is 1. The van der Waals surface area contributed by atoms with Crippen molar-refractivity contribution in [1.82, 2.24) is 9.80 Å². The van der Waals surface area contributed by atoms with Gasteiger partial charge in [0, 0.05) is 32.2 Å². The number of nitrogens with two attached hydrogens (primary N) is 1. The van der Waals surface area contributed by atoms with E-state index >= 15 is 0 Å². The predicted octanol–water partition coefficient (Wildman–Crippen LogP) is 0.864. The van der Waals surface area contributed by atoms with Crippen LogP contribution in [0.1, 0.15) is 11.1 Å². The zero-order valence-corrected chi connectivity index (χ0v) is 10.5. The minimum Gasteiger partial charge on any atom is -0.326 e. The molecule has 18 heavy (non-hydrogen) atoms. The molecule has 0 radical (unpaired) electrons. The van der Waals surface area contributed by atoms with E-state index in [9.17, 15) is 4.79 Å². The Balaban J connectivity index is 2.16. The number of benzene rings is 1. The van der Waals surface area contributed by atoms with Crippen molar-refractivity contribution in [3.8, 4) is 11.8 Å². The van der Waals surface area contributed by atoms with Crippen molar-refractivity contribution in [2.24, 2.45) is 5.73 Å². The summed E-state index contributed by atoms with van der Waals surface area (Å²) in [7, 11) is 1.82. The number of nitrogens with zero attached hydrogens (tertiary/aromatic N) is 2. The van der Waals surface area contributed by atoms with Crippen LogP contribution in [0, 0.1) is 11.8 Å². The highest BCUT2D eigenvalue weighted by Crippen LogP contribution is 2.14. The maximum absolute atomic E-state index is 11.8. The van der Waals surface area contributed by atoms with Crippen LogP contribution in [0.15, 0.2) is 24.3 Å². The molecule has 1 aromatic carbocycles. The molecule has 4 heteroatoms. The molecular formula is C14H17N3O. The van der Waals surface area contributed by atoms with Crippen molar-refractivity contribution in [3.05, 3.63) is 35.4 Å². The number of amides is 2. The van der Waals surface area contributed by atoms with Crippen molar-refractivity contribution < 1.29 is 4.79 Å². The summed E-state index contributed by atoms with van der Waals surface area (Å²) in [6, 6.07) is 7.96. The summed E-state index contributed by atoms with van der Waals surface area (Å²) in [6.45, 7) is 2.52. The molecule has 4 nitrogen and oxygen atoms in total. The maximum atomic E-state index is 11.8. The molecule has 1 aliphatic rings. The number of hydrogen-bond donors (Lipinski definition) is 1. The standard InChI is InChI=1S/C14H17N3O/c1-16-9-10-17(14(16)18)11-13-6-3-2-5-12(13)7-4-8-15/h2-3,5-6H,8-11,15H2,1H3. The van der Waals surface area contributed by atoms with E-state index in [1.54, 1.807) is 4.90 Å². The normalized spacial score (nSPS) is 14.7. The van der Waals surface area contributed by atoms with Crippen molar-refractivity contribution >= 4 is 6.03 Å². The summed E-state index contributed by atoms with van der Waals surface area (Å²) in [6.07, 6.45) is 0. The van der Waals surface area contributed by atoms with E-state index < -0.39 is 0 Å². The second kappa shape index (κ2) is 5.56. The third kappa shape index (κ3) is 2.63. The molecule has 1 fully saturated rings. The maximum Gasteiger partial charge on any atom is 0.320 e. The molecule has 2 amide bonds. The predicted molar refractivity (Wildman–Crippen MR) is 70.8 cm³/mol. The van der Waals surface area contributed by atoms with Crippen LogP contribution in [0.5, 0.6) is 0 Å². The fraction of sp³-hybridized carbons (Fsp3) is 0.357. The summed E-state index contributed by atoms with van der Waals surface area (Å²) in [5, 5.41) is 0. The van der Waals surface area contributed by atoms with Gasteiger partial charge in [0.25, 0.3) is 0 Å². The summed E-state index contributed by atoms with van der Waals surface area (Å²) in [4.78, 5) is 15.4. The lowest BCUT2D eigenvalue weighted by molar-refractivity contribution is 0.197. The average Bonchev–Trinajstić information content (AvgIpc) is 2.70. The first-order chi connectivity index (χ1) is 8.72. The monoisotopic (exact) mass is 243 g/mol. The lowest BCUT2D eigenvalue weighted by atomic mass is 10.1. The van der Waals surface area contributed by atoms with Crippen LogP contribution in [-0.2, 0) is 6.54 Å². The molecule has 0 atom stereocenters. The van der Waals surface area contributed by atoms with Gasteiger partial charge in [-0.2, -0.15) is 0 Å². The SMILES string of the molecule is CN1CCN(Cc2ccccc2C#CCN)C1=O. The van der Waals surface area contributed by atoms with Crippen LogP contribution in [0.4, 0.5) is 4.79 Å². The van der Waals surface area contributed by atoms with Gasteiger partial charge in [-0.15, -0.1) is 0 Å². The molecule has 0 spiro atoms. The van der Waals surface area contributed by atoms with Gasteiger partial charge in [-0.05, 0) is 11.6 Å². The van der Waals surface area contributed by atoms with E-state index in [-0.39, 0.29) is 6.03 Å². The minimum absolute atomic E-state index is 0.0802. The van der Waals surface area contributed by atoms with Gasteiger partial charge in [-0.1, -0.05) is 30.0 Å². The van der Waals surface area contributed by atoms with Gasteiger partial charge in [-0.3, -0.25) is 0 Å². The number of rotatable bonds is 2. The molecule has 2 N–H and O–H groups in total. The third-order valence-electron chi connectivity index (χ3n) is 3.01. The minimum atomic E-state index is 0.0802. The first-order valence-electron chi connectivity index (χ1n) is 5.99. The van der Waals surface area contributed by atoms with Crippen molar-refractivity contribution in [2.45, 2.75) is 6.54 Å². The Hall–Kier alpha value is -1.99. The molecule has 0 aliphatic carbocycles. The molecule has 0 bridgehead atoms. The van der Waals surface area contributed by atoms with E-state index in [4.69, 9.17) is 5.73 Å². The Labute approximate surface area is 107 Å². The zero-order chi connectivity index (χ0) is 13.0. The number of likely N-dealkylation sites (N-methyl/N-ethyl adjacent to an activating group) is 1. The van der Waals surface area contributed by atoms with Crippen molar-refractivity contribution in [3.63, 3.8) is 0 Å². The first-order valence-corrected chi connectivity index (χ1v) is 5.99. The van der Waals surface area contributed by atoms with Crippen LogP contribution in [0.3, 0.4) is 0 Å². The highest BCUT2D eigenvalue weighted by molar-refractivity contribution is 5.76. The smallest absolute Gasteiger partial charge is 0.320 e. The molecule has 94 valence electrons. The van der Waals surface area contributed by atoms with Crippen molar-refractivity contribution in [2.75, 3.05) is 26.7 Å². The summed E-state index contributed by atoms with van der Waals surface area (Å²) < 4.78 is 0. The van der Waals surface area contributed by atoms with Crippen LogP contribution in [0.2, 0.25) is 0 Å². The largest absolute Gasteiger partial charge is 0.326 e. The van der Waals surface area contributed by atoms with E-state index in [1.807, 2.05) is 36.2 Å². The molecule has 1 aliphatic heterocycles. The Kier molecular flexibility index (Phi) is 3.85. The van der Waals surface area contributed by atoms with E-state index in [1.165, 1.54) is 0 Å².